The van der Waals surface area contributed by atoms with Crippen LogP contribution in [-0.2, 0) is 124 Å². The first-order valence-corrected chi connectivity index (χ1v) is 33.0. The predicted octanol–water partition coefficient (Wildman–Crippen LogP) is 11.7. The van der Waals surface area contributed by atoms with Gasteiger partial charge in [0.2, 0.25) is 12.2 Å². The quantitative estimate of drug-likeness (QED) is 0.0222. The lowest BCUT2D eigenvalue weighted by Crippen LogP contribution is -2.68. The van der Waals surface area contributed by atoms with Crippen LogP contribution in [0.3, 0.4) is 0 Å². The second-order valence-corrected chi connectivity index (χ2v) is 24.4. The van der Waals surface area contributed by atoms with Gasteiger partial charge in [0.25, 0.3) is 0 Å². The van der Waals surface area contributed by atoms with Gasteiger partial charge in [-0.25, -0.2) is 4.57 Å². The van der Waals surface area contributed by atoms with Crippen molar-refractivity contribution in [2.75, 3.05) is 34.0 Å². The fourth-order valence-corrected chi connectivity index (χ4v) is 12.6. The number of rotatable bonds is 35. The first-order chi connectivity index (χ1) is 46.1. The number of phosphoric ester groups is 1. The summed E-state index contributed by atoms with van der Waals surface area (Å²) in [4.78, 5) is 13.5. The van der Waals surface area contributed by atoms with Crippen LogP contribution in [0.5, 0.6) is 0 Å². The molecular weight excluding hydrogens is 1220 g/mol. The van der Waals surface area contributed by atoms with E-state index in [4.69, 9.17) is 75.2 Å². The number of methoxy groups -OCH3 is 2. The molecule has 21 heteroatoms. The summed E-state index contributed by atoms with van der Waals surface area (Å²) in [7, 11) is -2.16. The minimum atomic E-state index is -5.15. The Hall–Kier alpha value is -6.91. The second-order valence-electron chi connectivity index (χ2n) is 22.8. The third-order valence-electron chi connectivity index (χ3n) is 16.1. The molecule has 94 heavy (non-hydrogen) atoms. The summed E-state index contributed by atoms with van der Waals surface area (Å²) >= 11 is 0. The van der Waals surface area contributed by atoms with Gasteiger partial charge in [0.15, 0.2) is 18.9 Å². The first-order valence-electron chi connectivity index (χ1n) is 31.6. The zero-order valence-corrected chi connectivity index (χ0v) is 54.1. The molecule has 1 N–H and O–H groups in total. The van der Waals surface area contributed by atoms with E-state index in [9.17, 15) is 10.1 Å². The molecule has 0 bridgehead atoms. The zero-order chi connectivity index (χ0) is 65.3. The number of benzene rings is 7. The summed E-state index contributed by atoms with van der Waals surface area (Å²) in [5, 5.41) is 13.0. The number of nitriles is 1. The van der Waals surface area contributed by atoms with Gasteiger partial charge < -0.3 is 66.9 Å². The number of hydrogen-bond donors (Lipinski definition) is 1. The number of nitrogens with zero attached hydrogens (tertiary/aromatic N) is 1. The highest BCUT2D eigenvalue weighted by Crippen LogP contribution is 2.53. The molecule has 0 saturated carbocycles. The van der Waals surface area contributed by atoms with E-state index in [1.54, 1.807) is 0 Å². The van der Waals surface area contributed by atoms with Gasteiger partial charge in [-0.15, -0.1) is 0 Å². The van der Waals surface area contributed by atoms with E-state index < -0.39 is 119 Å². The molecule has 3 saturated heterocycles. The van der Waals surface area contributed by atoms with E-state index in [-0.39, 0.29) is 52.7 Å². The molecular formula is C73H83N2O18P. The third kappa shape index (κ3) is 20.1. The Bertz CT molecular complexity index is 3390. The monoisotopic (exact) mass is 1310 g/mol. The lowest BCUT2D eigenvalue weighted by Gasteiger charge is -2.49. The molecule has 0 radical (unpaired) electrons. The van der Waals surface area contributed by atoms with Crippen molar-refractivity contribution in [1.82, 2.24) is 5.32 Å². The Balaban J connectivity index is 1.05. The summed E-state index contributed by atoms with van der Waals surface area (Å²) < 4.78 is 124. The maximum Gasteiger partial charge on any atom is 0.477 e. The number of fused-ring (bicyclic) bond motifs is 1. The Morgan fingerprint density at radius 1 is 0.553 bits per heavy atom. The van der Waals surface area contributed by atoms with Gasteiger partial charge in [0.1, 0.15) is 61.0 Å². The predicted molar refractivity (Wildman–Crippen MR) is 344 cm³/mol. The van der Waals surface area contributed by atoms with Crippen molar-refractivity contribution < 1.29 is 84.5 Å². The average Bonchev–Trinajstić information content (AvgIpc) is 0.792. The van der Waals surface area contributed by atoms with Gasteiger partial charge >= 0.3 is 7.82 Å². The Labute approximate surface area is 550 Å². The molecule has 16 atom stereocenters. The van der Waals surface area contributed by atoms with Crippen molar-refractivity contribution in [3.8, 4) is 6.07 Å². The smallest absolute Gasteiger partial charge is 0.376 e. The maximum atomic E-state index is 16.4. The largest absolute Gasteiger partial charge is 0.477 e. The first kappa shape index (κ1) is 69.9. The van der Waals surface area contributed by atoms with Gasteiger partial charge in [-0.3, -0.25) is 18.4 Å². The Morgan fingerprint density at radius 2 is 1.02 bits per heavy atom. The number of amides is 1. The van der Waals surface area contributed by atoms with E-state index in [1.165, 1.54) is 21.1 Å². The molecule has 7 aromatic carbocycles. The molecule has 3 fully saturated rings. The fraction of sp³-hybridized carbons (Fsp3) is 0.397. The third-order valence-corrected chi connectivity index (χ3v) is 17.5. The van der Waals surface area contributed by atoms with Crippen LogP contribution >= 0.6 is 7.82 Å². The summed E-state index contributed by atoms with van der Waals surface area (Å²) in [5.41, 5.74) is 5.79. The normalized spacial score (nSPS) is 24.7. The number of ether oxygens (including phenoxy) is 13. The molecule has 10 rings (SSSR count). The van der Waals surface area contributed by atoms with E-state index in [1.807, 2.05) is 219 Å². The van der Waals surface area contributed by atoms with Crippen LogP contribution in [0.15, 0.2) is 212 Å². The molecule has 3 heterocycles. The highest BCUT2D eigenvalue weighted by molar-refractivity contribution is 7.48. The molecule has 0 aromatic heterocycles. The fourth-order valence-electron chi connectivity index (χ4n) is 11.3. The summed E-state index contributed by atoms with van der Waals surface area (Å²) in [6.07, 6.45) is -15.7. The number of nitrogens with one attached hydrogen (secondary N) is 1. The van der Waals surface area contributed by atoms with Crippen molar-refractivity contribution in [1.29, 1.82) is 5.26 Å². The molecule has 0 aliphatic carbocycles. The van der Waals surface area contributed by atoms with Gasteiger partial charge in [0.05, 0.1) is 78.1 Å². The highest BCUT2D eigenvalue weighted by atomic mass is 31.2. The molecule has 7 aromatic rings. The molecule has 20 nitrogen and oxygen atoms in total. The zero-order valence-electron chi connectivity index (χ0n) is 53.2. The summed E-state index contributed by atoms with van der Waals surface area (Å²) in [5.74, 6) is -0.464. The van der Waals surface area contributed by atoms with E-state index in [0.29, 0.717) is 0 Å². The lowest BCUT2D eigenvalue weighted by molar-refractivity contribution is -0.368. The van der Waals surface area contributed by atoms with Gasteiger partial charge in [-0.05, 0) is 40.3 Å². The van der Waals surface area contributed by atoms with E-state index >= 15 is 4.57 Å². The maximum absolute atomic E-state index is 16.4. The van der Waals surface area contributed by atoms with Crippen LogP contribution in [0.1, 0.15) is 65.5 Å². The van der Waals surface area contributed by atoms with Crippen LogP contribution in [0.4, 0.5) is 0 Å². The number of phosphoric acid groups is 1. The SMILES string of the molecule is CO[C@@H]1O[C@H](COP(=O)(OCCC#N)OC(O[C@@H]2O[C@@H]3COC(c4ccccc4)O[C@@H]3[C@H](OC)[C@H]2NC(C)=O)[C@H](OCc2ccccc2)[C@H](OCc2ccccc2)[C@@H](C)OCc2ccccc2)[C@@H](OCc2ccccc2)[C@H](OCc2ccccc2)[C@H]1OCc1ccccc1. The van der Waals surface area contributed by atoms with Crippen LogP contribution in [-0.4, -0.2) is 126 Å². The number of carbonyl (C=O) groups is 1. The Kier molecular flexibility index (Phi) is 27.0. The summed E-state index contributed by atoms with van der Waals surface area (Å²) in [6, 6.07) is 67.8. The van der Waals surface area contributed by atoms with Crippen LogP contribution < -0.4 is 5.32 Å². The van der Waals surface area contributed by atoms with Crippen molar-refractivity contribution in [3.63, 3.8) is 0 Å². The van der Waals surface area contributed by atoms with Crippen molar-refractivity contribution in [2.45, 2.75) is 152 Å². The van der Waals surface area contributed by atoms with Crippen LogP contribution in [0, 0.1) is 11.3 Å². The van der Waals surface area contributed by atoms with Crippen molar-refractivity contribution >= 4 is 13.7 Å². The van der Waals surface area contributed by atoms with E-state index in [0.717, 1.165) is 38.9 Å². The molecule has 3 aliphatic rings. The molecule has 0 spiro atoms. The number of carbonyl (C=O) groups excluding carboxylic acids is 1. The number of hydrogen-bond acceptors (Lipinski definition) is 19. The summed E-state index contributed by atoms with van der Waals surface area (Å²) in [6.45, 7) is 2.65. The molecule has 3 aliphatic heterocycles. The van der Waals surface area contributed by atoms with Crippen LogP contribution in [0.25, 0.3) is 0 Å². The lowest BCUT2D eigenvalue weighted by atomic mass is 9.95. The second kappa shape index (κ2) is 36.3. The Morgan fingerprint density at radius 3 is 1.51 bits per heavy atom. The highest BCUT2D eigenvalue weighted by Gasteiger charge is 2.55. The topological polar surface area (TPSA) is 218 Å². The van der Waals surface area contributed by atoms with Crippen molar-refractivity contribution in [2.24, 2.45) is 0 Å². The van der Waals surface area contributed by atoms with Crippen molar-refractivity contribution in [3.05, 3.63) is 251 Å². The average molecular weight is 1310 g/mol. The molecule has 498 valence electrons. The molecule has 1 amide bonds. The van der Waals surface area contributed by atoms with Gasteiger partial charge in [-0.2, -0.15) is 5.26 Å². The van der Waals surface area contributed by atoms with E-state index in [2.05, 4.69) is 11.4 Å². The minimum Gasteiger partial charge on any atom is -0.376 e. The standard InChI is InChI=1S/C73H83N2O18P/c1-51(80-43-53-27-12-5-13-28-53)63(81-44-54-29-14-6-15-30-54)68(84-47-57-35-20-9-21-36-57)73(92-71-62(75-52(2)76)66(78-3)65-60(89-71)49-86-70(91-65)59-39-24-11-25-40-59)93-94(77,87-42-26-41-74)88-50-61-64(82-45-55-31-16-7-17-32-55)67(83-46-56-33-18-8-19-34-56)69(72(79-4)90-61)85-48-58-37-22-10-23-38-58/h5-25,27-40,51,60-73H,26,42-50H2,1-4H3,(H,75,76)/t51-,60-,61-,62-,63-,64-,65+,66-,67+,68-,69-,70?,71+,72-,73?,94?/m1/s1. The van der Waals surface area contributed by atoms with Gasteiger partial charge in [0, 0.05) is 26.7 Å². The minimum absolute atomic E-state index is 0.00613. The van der Waals surface area contributed by atoms with Crippen LogP contribution in [0.2, 0.25) is 0 Å². The molecule has 3 unspecified atom stereocenters. The van der Waals surface area contributed by atoms with Gasteiger partial charge in [-0.1, -0.05) is 212 Å².